The summed E-state index contributed by atoms with van der Waals surface area (Å²) in [5, 5.41) is 2.71. The molecule has 0 aromatic heterocycles. The second-order valence-electron chi connectivity index (χ2n) is 4.36. The predicted octanol–water partition coefficient (Wildman–Crippen LogP) is 1.23. The third-order valence-electron chi connectivity index (χ3n) is 3.10. The van der Waals surface area contributed by atoms with E-state index in [0.717, 1.165) is 5.70 Å². The summed E-state index contributed by atoms with van der Waals surface area (Å²) < 4.78 is 4.55. The van der Waals surface area contributed by atoms with Gasteiger partial charge in [-0.25, -0.2) is 0 Å². The number of esters is 1. The summed E-state index contributed by atoms with van der Waals surface area (Å²) in [6, 6.07) is 0. The molecule has 1 heterocycles. The lowest BCUT2D eigenvalue weighted by atomic mass is 9.77. The SMILES string of the molecule is C=C1NC(=O)C(CCC(=O)OC)C1(C)C. The number of ether oxygens (including phenoxy) is 1. The third kappa shape index (κ3) is 2.19. The van der Waals surface area contributed by atoms with Gasteiger partial charge in [0.15, 0.2) is 0 Å². The predicted molar refractivity (Wildman–Crippen MR) is 55.8 cm³/mol. The van der Waals surface area contributed by atoms with Crippen LogP contribution in [0.15, 0.2) is 12.3 Å². The Hall–Kier alpha value is -1.32. The van der Waals surface area contributed by atoms with Crippen LogP contribution in [0.25, 0.3) is 0 Å². The average Bonchev–Trinajstić information content (AvgIpc) is 2.34. The van der Waals surface area contributed by atoms with E-state index >= 15 is 0 Å². The highest BCUT2D eigenvalue weighted by Gasteiger charge is 2.43. The maximum atomic E-state index is 11.6. The van der Waals surface area contributed by atoms with Gasteiger partial charge in [0.25, 0.3) is 0 Å². The second kappa shape index (κ2) is 4.04. The molecule has 4 nitrogen and oxygen atoms in total. The lowest BCUT2D eigenvalue weighted by Gasteiger charge is -2.24. The molecule has 0 bridgehead atoms. The molecular weight excluding hydrogens is 194 g/mol. The van der Waals surface area contributed by atoms with Gasteiger partial charge in [-0.05, 0) is 6.42 Å². The minimum Gasteiger partial charge on any atom is -0.469 e. The summed E-state index contributed by atoms with van der Waals surface area (Å²) in [6.07, 6.45) is 0.774. The number of hydrogen-bond acceptors (Lipinski definition) is 3. The molecule has 1 saturated heterocycles. The van der Waals surface area contributed by atoms with Crippen molar-refractivity contribution in [3.05, 3.63) is 12.3 Å². The average molecular weight is 211 g/mol. The van der Waals surface area contributed by atoms with Crippen LogP contribution in [0.1, 0.15) is 26.7 Å². The Morgan fingerprint density at radius 1 is 1.60 bits per heavy atom. The largest absolute Gasteiger partial charge is 0.469 e. The van der Waals surface area contributed by atoms with E-state index in [4.69, 9.17) is 0 Å². The summed E-state index contributed by atoms with van der Waals surface area (Å²) in [7, 11) is 1.35. The van der Waals surface area contributed by atoms with Gasteiger partial charge in [-0.1, -0.05) is 20.4 Å². The fourth-order valence-corrected chi connectivity index (χ4v) is 1.79. The number of methoxy groups -OCH3 is 1. The van der Waals surface area contributed by atoms with Gasteiger partial charge in [-0.3, -0.25) is 9.59 Å². The normalized spacial score (nSPS) is 23.8. The van der Waals surface area contributed by atoms with Crippen LogP contribution < -0.4 is 5.32 Å². The molecular formula is C11H17NO3. The molecule has 4 heteroatoms. The zero-order valence-electron chi connectivity index (χ0n) is 9.42. The van der Waals surface area contributed by atoms with E-state index in [2.05, 4.69) is 16.6 Å². The molecule has 1 unspecified atom stereocenters. The minimum atomic E-state index is -0.287. The van der Waals surface area contributed by atoms with Gasteiger partial charge in [0.2, 0.25) is 5.91 Å². The van der Waals surface area contributed by atoms with E-state index in [1.807, 2.05) is 13.8 Å². The first-order valence-corrected chi connectivity index (χ1v) is 4.96. The molecule has 1 amide bonds. The van der Waals surface area contributed by atoms with Crippen LogP contribution >= 0.6 is 0 Å². The van der Waals surface area contributed by atoms with Crippen LogP contribution in [0.2, 0.25) is 0 Å². The van der Waals surface area contributed by atoms with Crippen molar-refractivity contribution in [2.75, 3.05) is 7.11 Å². The van der Waals surface area contributed by atoms with Crippen molar-refractivity contribution in [2.24, 2.45) is 11.3 Å². The zero-order chi connectivity index (χ0) is 11.6. The summed E-state index contributed by atoms with van der Waals surface area (Å²) in [5.74, 6) is -0.519. The Morgan fingerprint density at radius 2 is 2.20 bits per heavy atom. The van der Waals surface area contributed by atoms with Gasteiger partial charge in [-0.15, -0.1) is 0 Å². The van der Waals surface area contributed by atoms with Crippen molar-refractivity contribution >= 4 is 11.9 Å². The number of rotatable bonds is 3. The fourth-order valence-electron chi connectivity index (χ4n) is 1.79. The number of carbonyl (C=O) groups excluding carboxylic acids is 2. The van der Waals surface area contributed by atoms with Gasteiger partial charge in [-0.2, -0.15) is 0 Å². The highest BCUT2D eigenvalue weighted by atomic mass is 16.5. The maximum Gasteiger partial charge on any atom is 0.305 e. The molecule has 0 spiro atoms. The molecule has 0 aliphatic carbocycles. The lowest BCUT2D eigenvalue weighted by Crippen LogP contribution is -2.24. The highest BCUT2D eigenvalue weighted by Crippen LogP contribution is 2.40. The van der Waals surface area contributed by atoms with Gasteiger partial charge < -0.3 is 10.1 Å². The van der Waals surface area contributed by atoms with Crippen molar-refractivity contribution in [1.29, 1.82) is 0 Å². The molecule has 1 aliphatic rings. The van der Waals surface area contributed by atoms with Crippen molar-refractivity contribution in [2.45, 2.75) is 26.7 Å². The van der Waals surface area contributed by atoms with E-state index < -0.39 is 0 Å². The topological polar surface area (TPSA) is 55.4 Å². The lowest BCUT2D eigenvalue weighted by molar-refractivity contribution is -0.141. The van der Waals surface area contributed by atoms with Crippen molar-refractivity contribution < 1.29 is 14.3 Å². The van der Waals surface area contributed by atoms with Gasteiger partial charge in [0, 0.05) is 23.5 Å². The Kier molecular flexibility index (Phi) is 3.17. The summed E-state index contributed by atoms with van der Waals surface area (Å²) in [6.45, 7) is 7.71. The Balaban J connectivity index is 2.65. The first kappa shape index (κ1) is 11.8. The minimum absolute atomic E-state index is 0.0473. The molecule has 0 saturated carbocycles. The molecule has 1 N–H and O–H groups in total. The van der Waals surface area contributed by atoms with Gasteiger partial charge in [0.05, 0.1) is 7.11 Å². The molecule has 15 heavy (non-hydrogen) atoms. The molecule has 0 aromatic rings. The van der Waals surface area contributed by atoms with Crippen molar-refractivity contribution in [3.63, 3.8) is 0 Å². The number of nitrogens with one attached hydrogen (secondary N) is 1. The van der Waals surface area contributed by atoms with Crippen LogP contribution in [0, 0.1) is 11.3 Å². The summed E-state index contributed by atoms with van der Waals surface area (Å²) in [5.41, 5.74) is 0.438. The molecule has 1 fully saturated rings. The molecule has 1 atom stereocenters. The van der Waals surface area contributed by atoms with E-state index in [0.29, 0.717) is 6.42 Å². The number of amides is 1. The standard InChI is InChI=1S/C11H17NO3/c1-7-11(2,3)8(10(14)12-7)5-6-9(13)15-4/h8H,1,5-6H2,2-4H3,(H,12,14). The summed E-state index contributed by atoms with van der Waals surface area (Å²) in [4.78, 5) is 22.6. The zero-order valence-corrected chi connectivity index (χ0v) is 9.42. The van der Waals surface area contributed by atoms with E-state index in [1.54, 1.807) is 0 Å². The Morgan fingerprint density at radius 3 is 2.60 bits per heavy atom. The molecule has 1 rings (SSSR count). The van der Waals surface area contributed by atoms with Crippen LogP contribution in [0.4, 0.5) is 0 Å². The van der Waals surface area contributed by atoms with Crippen LogP contribution in [0.3, 0.4) is 0 Å². The van der Waals surface area contributed by atoms with E-state index in [9.17, 15) is 9.59 Å². The molecule has 0 aromatic carbocycles. The van der Waals surface area contributed by atoms with Crippen LogP contribution in [-0.2, 0) is 14.3 Å². The quantitative estimate of drug-likeness (QED) is 0.714. The molecule has 1 aliphatic heterocycles. The molecule has 84 valence electrons. The first-order chi connectivity index (χ1) is 6.89. The smallest absolute Gasteiger partial charge is 0.305 e. The number of carbonyl (C=O) groups is 2. The monoisotopic (exact) mass is 211 g/mol. The number of allylic oxidation sites excluding steroid dienone is 1. The van der Waals surface area contributed by atoms with Gasteiger partial charge >= 0.3 is 5.97 Å². The molecule has 0 radical (unpaired) electrons. The first-order valence-electron chi connectivity index (χ1n) is 4.96. The van der Waals surface area contributed by atoms with Crippen LogP contribution in [0.5, 0.6) is 0 Å². The van der Waals surface area contributed by atoms with E-state index in [1.165, 1.54) is 7.11 Å². The van der Waals surface area contributed by atoms with Gasteiger partial charge in [0.1, 0.15) is 0 Å². The Labute approximate surface area is 89.7 Å². The van der Waals surface area contributed by atoms with Crippen molar-refractivity contribution in [1.82, 2.24) is 5.32 Å². The van der Waals surface area contributed by atoms with E-state index in [-0.39, 0.29) is 29.6 Å². The summed E-state index contributed by atoms with van der Waals surface area (Å²) >= 11 is 0. The Bertz CT molecular complexity index is 307. The maximum absolute atomic E-state index is 11.6. The van der Waals surface area contributed by atoms with Crippen LogP contribution in [-0.4, -0.2) is 19.0 Å². The third-order valence-corrected chi connectivity index (χ3v) is 3.10. The number of hydrogen-bond donors (Lipinski definition) is 1. The highest BCUT2D eigenvalue weighted by molar-refractivity contribution is 5.85. The second-order valence-corrected chi connectivity index (χ2v) is 4.36. The fraction of sp³-hybridized carbons (Fsp3) is 0.636. The van der Waals surface area contributed by atoms with Crippen molar-refractivity contribution in [3.8, 4) is 0 Å².